The lowest BCUT2D eigenvalue weighted by molar-refractivity contribution is 0.195. The smallest absolute Gasteiger partial charge is 0.0359 e. The van der Waals surface area contributed by atoms with E-state index in [1.165, 1.54) is 55.4 Å². The average molecular weight is 407 g/mol. The summed E-state index contributed by atoms with van der Waals surface area (Å²) in [5.41, 5.74) is 1.55. The van der Waals surface area contributed by atoms with Gasteiger partial charge in [0.15, 0.2) is 0 Å². The number of nitrogens with one attached hydrogen (secondary N) is 1. The van der Waals surface area contributed by atoms with Gasteiger partial charge in [0.05, 0.1) is 0 Å². The fraction of sp³-hybridized carbons (Fsp3) is 0.625. The van der Waals surface area contributed by atoms with Crippen molar-refractivity contribution in [2.24, 2.45) is 5.92 Å². The van der Waals surface area contributed by atoms with E-state index in [9.17, 15) is 0 Å². The molecule has 20 heavy (non-hydrogen) atoms. The molecular weight excluding hydrogens is 383 g/mol. The summed E-state index contributed by atoms with van der Waals surface area (Å²) in [7, 11) is 0. The van der Waals surface area contributed by atoms with Crippen molar-refractivity contribution >= 4 is 35.0 Å². The van der Waals surface area contributed by atoms with Crippen molar-refractivity contribution in [1.82, 2.24) is 10.2 Å². The first kappa shape index (κ1) is 16.5. The fourth-order valence-electron chi connectivity index (χ4n) is 3.55. The number of halogens is 2. The molecule has 2 unspecified atom stereocenters. The lowest BCUT2D eigenvalue weighted by Crippen LogP contribution is -2.38. The Balaban J connectivity index is 0.00000147. The maximum atomic E-state index is 3.55. The summed E-state index contributed by atoms with van der Waals surface area (Å²) in [5.74, 6) is 0.857. The van der Waals surface area contributed by atoms with Crippen molar-refractivity contribution in [1.29, 1.82) is 0 Å². The highest BCUT2D eigenvalue weighted by Crippen LogP contribution is 2.35. The molecule has 2 saturated heterocycles. The molecule has 0 spiro atoms. The Bertz CT molecular complexity index is 421. The van der Waals surface area contributed by atoms with Gasteiger partial charge in [-0.05, 0) is 85.5 Å². The number of piperidine rings is 1. The molecule has 1 aromatic carbocycles. The third kappa shape index (κ3) is 3.87. The highest BCUT2D eigenvalue weighted by molar-refractivity contribution is 14.1. The van der Waals surface area contributed by atoms with Crippen molar-refractivity contribution in [3.63, 3.8) is 0 Å². The maximum absolute atomic E-state index is 3.55. The first-order valence-corrected chi connectivity index (χ1v) is 8.61. The van der Waals surface area contributed by atoms with Gasteiger partial charge in [0, 0.05) is 16.2 Å². The molecule has 2 heterocycles. The molecule has 0 radical (unpaired) electrons. The van der Waals surface area contributed by atoms with Crippen molar-refractivity contribution in [2.45, 2.75) is 31.7 Å². The third-order valence-electron chi connectivity index (χ3n) is 4.52. The summed E-state index contributed by atoms with van der Waals surface area (Å²) in [6, 6.07) is 9.57. The molecule has 2 nitrogen and oxygen atoms in total. The molecule has 2 fully saturated rings. The van der Waals surface area contributed by atoms with Crippen LogP contribution in [0.1, 0.15) is 37.3 Å². The van der Waals surface area contributed by atoms with Crippen LogP contribution in [0.2, 0.25) is 0 Å². The van der Waals surface area contributed by atoms with Gasteiger partial charge in [0.25, 0.3) is 0 Å². The molecule has 3 rings (SSSR count). The van der Waals surface area contributed by atoms with Crippen LogP contribution in [0.5, 0.6) is 0 Å². The van der Waals surface area contributed by atoms with E-state index in [0.717, 1.165) is 5.92 Å². The molecule has 2 atom stereocenters. The summed E-state index contributed by atoms with van der Waals surface area (Å²) in [4.78, 5) is 2.73. The van der Waals surface area contributed by atoms with Crippen LogP contribution in [-0.2, 0) is 0 Å². The summed E-state index contributed by atoms with van der Waals surface area (Å²) in [6.07, 6.45) is 5.45. The van der Waals surface area contributed by atoms with Crippen LogP contribution in [-0.4, -0.2) is 31.1 Å². The molecule has 1 aromatic rings. The molecule has 1 N–H and O–H groups in total. The second kappa shape index (κ2) is 7.97. The minimum absolute atomic E-state index is 0. The Morgan fingerprint density at radius 2 is 2.05 bits per heavy atom. The van der Waals surface area contributed by atoms with E-state index in [1.54, 1.807) is 5.56 Å². The van der Waals surface area contributed by atoms with Gasteiger partial charge in [-0.1, -0.05) is 18.2 Å². The third-order valence-corrected chi connectivity index (χ3v) is 5.50. The highest BCUT2D eigenvalue weighted by atomic mass is 127. The highest BCUT2D eigenvalue weighted by Gasteiger charge is 2.29. The standard InChI is InChI=1S/C16H23IN2.ClH/c17-15-7-2-1-6-14(15)16-8-4-10-19(16)12-13-5-3-9-18-11-13;/h1-2,6-7,13,16,18H,3-5,8-12H2;1H. The summed E-state index contributed by atoms with van der Waals surface area (Å²) in [5, 5.41) is 3.55. The zero-order chi connectivity index (χ0) is 13.1. The Hall–Kier alpha value is 0.160. The molecule has 0 saturated carbocycles. The van der Waals surface area contributed by atoms with Gasteiger partial charge in [0.2, 0.25) is 0 Å². The summed E-state index contributed by atoms with van der Waals surface area (Å²) in [6.45, 7) is 5.00. The van der Waals surface area contributed by atoms with Crippen LogP contribution in [0.4, 0.5) is 0 Å². The Kier molecular flexibility index (Phi) is 6.59. The van der Waals surface area contributed by atoms with E-state index in [1.807, 2.05) is 0 Å². The number of nitrogens with zero attached hydrogens (tertiary/aromatic N) is 1. The van der Waals surface area contributed by atoms with Gasteiger partial charge in [-0.15, -0.1) is 12.4 Å². The first-order valence-electron chi connectivity index (χ1n) is 7.54. The van der Waals surface area contributed by atoms with E-state index < -0.39 is 0 Å². The largest absolute Gasteiger partial charge is 0.316 e. The Labute approximate surface area is 142 Å². The number of likely N-dealkylation sites (tertiary alicyclic amines) is 1. The number of benzene rings is 1. The van der Waals surface area contributed by atoms with E-state index in [-0.39, 0.29) is 12.4 Å². The van der Waals surface area contributed by atoms with Gasteiger partial charge in [-0.3, -0.25) is 4.90 Å². The minimum atomic E-state index is 0. The maximum Gasteiger partial charge on any atom is 0.0359 e. The second-order valence-corrected chi connectivity index (χ2v) is 7.05. The van der Waals surface area contributed by atoms with E-state index >= 15 is 0 Å². The first-order chi connectivity index (χ1) is 9.34. The van der Waals surface area contributed by atoms with E-state index in [2.05, 4.69) is 57.1 Å². The van der Waals surface area contributed by atoms with Crippen LogP contribution in [0.3, 0.4) is 0 Å². The molecule has 0 aromatic heterocycles. The zero-order valence-electron chi connectivity index (χ0n) is 11.9. The van der Waals surface area contributed by atoms with Crippen LogP contribution in [0, 0.1) is 9.49 Å². The summed E-state index contributed by atoms with van der Waals surface area (Å²) >= 11 is 2.49. The van der Waals surface area contributed by atoms with Crippen LogP contribution in [0.25, 0.3) is 0 Å². The lowest BCUT2D eigenvalue weighted by atomic mass is 9.97. The number of hydrogen-bond donors (Lipinski definition) is 1. The fourth-order valence-corrected chi connectivity index (χ4v) is 4.30. The molecule has 2 aliphatic rings. The summed E-state index contributed by atoms with van der Waals surface area (Å²) < 4.78 is 1.43. The van der Waals surface area contributed by atoms with E-state index in [0.29, 0.717) is 6.04 Å². The second-order valence-electron chi connectivity index (χ2n) is 5.89. The van der Waals surface area contributed by atoms with Crippen molar-refractivity contribution in [2.75, 3.05) is 26.2 Å². The van der Waals surface area contributed by atoms with Crippen molar-refractivity contribution < 1.29 is 0 Å². The Morgan fingerprint density at radius 3 is 2.80 bits per heavy atom. The van der Waals surface area contributed by atoms with E-state index in [4.69, 9.17) is 0 Å². The normalized spacial score (nSPS) is 27.2. The molecular formula is C16H24ClIN2. The molecule has 4 heteroatoms. The average Bonchev–Trinajstić information content (AvgIpc) is 2.88. The van der Waals surface area contributed by atoms with Crippen LogP contribution < -0.4 is 5.32 Å². The number of rotatable bonds is 3. The van der Waals surface area contributed by atoms with Gasteiger partial charge < -0.3 is 5.32 Å². The van der Waals surface area contributed by atoms with Gasteiger partial charge in [0.1, 0.15) is 0 Å². The molecule has 0 bridgehead atoms. The zero-order valence-corrected chi connectivity index (χ0v) is 14.8. The Morgan fingerprint density at radius 1 is 1.20 bits per heavy atom. The predicted molar refractivity (Wildman–Crippen MR) is 95.5 cm³/mol. The molecule has 0 amide bonds. The van der Waals surface area contributed by atoms with Gasteiger partial charge >= 0.3 is 0 Å². The molecule has 2 aliphatic heterocycles. The van der Waals surface area contributed by atoms with Gasteiger partial charge in [-0.2, -0.15) is 0 Å². The van der Waals surface area contributed by atoms with Crippen molar-refractivity contribution in [3.8, 4) is 0 Å². The number of hydrogen-bond acceptors (Lipinski definition) is 2. The lowest BCUT2D eigenvalue weighted by Gasteiger charge is -2.31. The topological polar surface area (TPSA) is 15.3 Å². The SMILES string of the molecule is Cl.Ic1ccccc1C1CCCN1CC1CCCNC1. The van der Waals surface area contributed by atoms with Gasteiger partial charge in [-0.25, -0.2) is 0 Å². The molecule has 112 valence electrons. The molecule has 0 aliphatic carbocycles. The minimum Gasteiger partial charge on any atom is -0.316 e. The van der Waals surface area contributed by atoms with Crippen LogP contribution in [0.15, 0.2) is 24.3 Å². The quantitative estimate of drug-likeness (QED) is 0.767. The van der Waals surface area contributed by atoms with Crippen molar-refractivity contribution in [3.05, 3.63) is 33.4 Å². The predicted octanol–water partition coefficient (Wildman–Crippen LogP) is 3.85. The monoisotopic (exact) mass is 406 g/mol. The van der Waals surface area contributed by atoms with Crippen LogP contribution >= 0.6 is 35.0 Å².